The van der Waals surface area contributed by atoms with Crippen molar-refractivity contribution in [1.82, 2.24) is 0 Å². The molecule has 0 amide bonds. The normalized spacial score (nSPS) is 12.8. The predicted octanol–water partition coefficient (Wildman–Crippen LogP) is 1.55. The van der Waals surface area contributed by atoms with E-state index in [1.807, 2.05) is 0 Å². The first kappa shape index (κ1) is 17.5. The van der Waals surface area contributed by atoms with Gasteiger partial charge < -0.3 is 11.5 Å². The SMILES string of the molecule is CC(C)(C)CC(N)CN.Cl.Cl. The van der Waals surface area contributed by atoms with E-state index < -0.39 is 0 Å². The third kappa shape index (κ3) is 13.5. The molecule has 0 aromatic carbocycles. The van der Waals surface area contributed by atoms with E-state index in [0.29, 0.717) is 12.0 Å². The fourth-order valence-electron chi connectivity index (χ4n) is 0.870. The average Bonchev–Trinajstić information content (AvgIpc) is 1.62. The van der Waals surface area contributed by atoms with Crippen LogP contribution in [0.25, 0.3) is 0 Å². The van der Waals surface area contributed by atoms with Gasteiger partial charge in [0.1, 0.15) is 0 Å². The number of hydrogen-bond donors (Lipinski definition) is 2. The van der Waals surface area contributed by atoms with Crippen molar-refractivity contribution < 1.29 is 0 Å². The van der Waals surface area contributed by atoms with Crippen molar-refractivity contribution in [3.05, 3.63) is 0 Å². The van der Waals surface area contributed by atoms with Gasteiger partial charge in [-0.2, -0.15) is 0 Å². The van der Waals surface area contributed by atoms with Crippen molar-refractivity contribution in [3.63, 3.8) is 0 Å². The van der Waals surface area contributed by atoms with E-state index in [2.05, 4.69) is 20.8 Å². The minimum absolute atomic E-state index is 0. The van der Waals surface area contributed by atoms with Gasteiger partial charge in [0.2, 0.25) is 0 Å². The second kappa shape index (κ2) is 7.17. The molecule has 0 bridgehead atoms. The van der Waals surface area contributed by atoms with E-state index in [0.717, 1.165) is 6.42 Å². The topological polar surface area (TPSA) is 52.0 Å². The first-order valence-electron chi connectivity index (χ1n) is 3.41. The minimum atomic E-state index is 0. The van der Waals surface area contributed by atoms with Gasteiger partial charge in [-0.25, -0.2) is 0 Å². The Bertz CT molecular complexity index is 81.0. The van der Waals surface area contributed by atoms with E-state index in [-0.39, 0.29) is 30.9 Å². The zero-order valence-electron chi connectivity index (χ0n) is 7.46. The van der Waals surface area contributed by atoms with Crippen LogP contribution in [0.4, 0.5) is 0 Å². The summed E-state index contributed by atoms with van der Waals surface area (Å²) in [5, 5.41) is 0. The summed E-state index contributed by atoms with van der Waals surface area (Å²) in [6.07, 6.45) is 1.00. The Balaban J connectivity index is -0.000000320. The Labute approximate surface area is 81.9 Å². The molecular formula is C7H20Cl2N2. The third-order valence-corrected chi connectivity index (χ3v) is 1.18. The van der Waals surface area contributed by atoms with Gasteiger partial charge in [-0.05, 0) is 11.8 Å². The maximum absolute atomic E-state index is 5.63. The van der Waals surface area contributed by atoms with Crippen molar-refractivity contribution in [1.29, 1.82) is 0 Å². The second-order valence-corrected chi connectivity index (χ2v) is 3.76. The van der Waals surface area contributed by atoms with Crippen LogP contribution in [0, 0.1) is 5.41 Å². The van der Waals surface area contributed by atoms with Crippen LogP contribution in [0.15, 0.2) is 0 Å². The van der Waals surface area contributed by atoms with Crippen molar-refractivity contribution in [3.8, 4) is 0 Å². The maximum Gasteiger partial charge on any atom is 0.0168 e. The van der Waals surface area contributed by atoms with Gasteiger partial charge in [0.15, 0.2) is 0 Å². The minimum Gasteiger partial charge on any atom is -0.329 e. The van der Waals surface area contributed by atoms with Gasteiger partial charge in [-0.1, -0.05) is 20.8 Å². The molecule has 0 radical (unpaired) electrons. The molecule has 72 valence electrons. The number of nitrogens with two attached hydrogens (primary N) is 2. The monoisotopic (exact) mass is 202 g/mol. The fraction of sp³-hybridized carbons (Fsp3) is 1.00. The van der Waals surface area contributed by atoms with Crippen LogP contribution in [0.3, 0.4) is 0 Å². The zero-order chi connectivity index (χ0) is 7.49. The van der Waals surface area contributed by atoms with Gasteiger partial charge in [0, 0.05) is 12.6 Å². The van der Waals surface area contributed by atoms with Gasteiger partial charge in [0.05, 0.1) is 0 Å². The van der Waals surface area contributed by atoms with Crippen LogP contribution >= 0.6 is 24.8 Å². The molecule has 11 heavy (non-hydrogen) atoms. The van der Waals surface area contributed by atoms with Gasteiger partial charge >= 0.3 is 0 Å². The van der Waals surface area contributed by atoms with E-state index in [4.69, 9.17) is 11.5 Å². The summed E-state index contributed by atoms with van der Waals surface area (Å²) >= 11 is 0. The highest BCUT2D eigenvalue weighted by atomic mass is 35.5. The lowest BCUT2D eigenvalue weighted by molar-refractivity contribution is 0.342. The molecule has 0 saturated heterocycles. The van der Waals surface area contributed by atoms with Crippen molar-refractivity contribution >= 4 is 24.8 Å². The molecule has 4 N–H and O–H groups in total. The van der Waals surface area contributed by atoms with Crippen molar-refractivity contribution in [2.24, 2.45) is 16.9 Å². The lowest BCUT2D eigenvalue weighted by Gasteiger charge is -2.21. The van der Waals surface area contributed by atoms with E-state index in [1.54, 1.807) is 0 Å². The van der Waals surface area contributed by atoms with Crippen LogP contribution in [0.5, 0.6) is 0 Å². The molecule has 0 spiro atoms. The van der Waals surface area contributed by atoms with Crippen molar-refractivity contribution in [2.45, 2.75) is 33.2 Å². The average molecular weight is 203 g/mol. The van der Waals surface area contributed by atoms with Gasteiger partial charge in [-0.15, -0.1) is 24.8 Å². The van der Waals surface area contributed by atoms with E-state index >= 15 is 0 Å². The maximum atomic E-state index is 5.63. The van der Waals surface area contributed by atoms with Crippen LogP contribution in [0.2, 0.25) is 0 Å². The molecule has 0 aliphatic rings. The molecule has 4 heteroatoms. The molecule has 1 unspecified atom stereocenters. The Morgan fingerprint density at radius 1 is 1.18 bits per heavy atom. The highest BCUT2D eigenvalue weighted by Crippen LogP contribution is 2.19. The third-order valence-electron chi connectivity index (χ3n) is 1.18. The summed E-state index contributed by atoms with van der Waals surface area (Å²) in [6, 6.07) is 0.171. The molecule has 0 aliphatic heterocycles. The fourth-order valence-corrected chi connectivity index (χ4v) is 0.870. The smallest absolute Gasteiger partial charge is 0.0168 e. The Morgan fingerprint density at radius 3 is 1.64 bits per heavy atom. The second-order valence-electron chi connectivity index (χ2n) is 3.76. The lowest BCUT2D eigenvalue weighted by atomic mass is 9.88. The Hall–Kier alpha value is 0.500. The first-order valence-corrected chi connectivity index (χ1v) is 3.41. The zero-order valence-corrected chi connectivity index (χ0v) is 9.10. The van der Waals surface area contributed by atoms with Gasteiger partial charge in [0.25, 0.3) is 0 Å². The number of rotatable bonds is 2. The molecule has 0 fully saturated rings. The number of halogens is 2. The Morgan fingerprint density at radius 2 is 1.55 bits per heavy atom. The quantitative estimate of drug-likeness (QED) is 0.715. The number of hydrogen-bond acceptors (Lipinski definition) is 2. The van der Waals surface area contributed by atoms with Crippen LogP contribution in [-0.2, 0) is 0 Å². The lowest BCUT2D eigenvalue weighted by Crippen LogP contribution is -2.33. The molecular weight excluding hydrogens is 183 g/mol. The summed E-state index contributed by atoms with van der Waals surface area (Å²) in [5.74, 6) is 0. The van der Waals surface area contributed by atoms with Crippen LogP contribution in [-0.4, -0.2) is 12.6 Å². The molecule has 0 aromatic rings. The van der Waals surface area contributed by atoms with E-state index in [1.165, 1.54) is 0 Å². The highest BCUT2D eigenvalue weighted by Gasteiger charge is 2.13. The standard InChI is InChI=1S/C7H18N2.2ClH/c1-7(2,3)4-6(9)5-8;;/h6H,4-5,8-9H2,1-3H3;2*1H. The summed E-state index contributed by atoms with van der Waals surface area (Å²) in [6.45, 7) is 7.10. The van der Waals surface area contributed by atoms with Crippen LogP contribution < -0.4 is 11.5 Å². The van der Waals surface area contributed by atoms with E-state index in [9.17, 15) is 0 Å². The van der Waals surface area contributed by atoms with Crippen LogP contribution in [0.1, 0.15) is 27.2 Å². The predicted molar refractivity (Wildman–Crippen MR) is 55.6 cm³/mol. The molecule has 2 nitrogen and oxygen atoms in total. The largest absolute Gasteiger partial charge is 0.329 e. The molecule has 0 heterocycles. The summed E-state index contributed by atoms with van der Waals surface area (Å²) in [5.41, 5.74) is 11.3. The molecule has 0 aliphatic carbocycles. The summed E-state index contributed by atoms with van der Waals surface area (Å²) in [4.78, 5) is 0. The highest BCUT2D eigenvalue weighted by molar-refractivity contribution is 5.85. The molecule has 1 atom stereocenters. The summed E-state index contributed by atoms with van der Waals surface area (Å²) in [7, 11) is 0. The molecule has 0 saturated carbocycles. The summed E-state index contributed by atoms with van der Waals surface area (Å²) < 4.78 is 0. The van der Waals surface area contributed by atoms with Crippen molar-refractivity contribution in [2.75, 3.05) is 6.54 Å². The molecule has 0 aromatic heterocycles. The molecule has 0 rings (SSSR count). The van der Waals surface area contributed by atoms with Gasteiger partial charge in [-0.3, -0.25) is 0 Å². The first-order chi connectivity index (χ1) is 3.95. The Kier molecular flexibility index (Phi) is 11.4.